The molecule has 1 aliphatic carbocycles. The standard InChI is InChI=1S/C27H19F5N4O/c28-21-17(22(29)24(31)25(32)23(21)30)12-20(37)36-27-19(10-13-4-2-1-3-5-13)34-26-16-8-7-15(33)11-14(16)6-9-18(26)35-27/h1-5,7-8,11H,6,9-10,12,33H2,(H,35,36,37). The number of anilines is 2. The SMILES string of the molecule is Nc1ccc2c(c1)CCc1nc(NC(=O)Cc3c(F)c(F)c(F)c(F)c3F)c(Cc3ccccc3)nc1-2. The third-order valence-corrected chi connectivity index (χ3v) is 6.17. The largest absolute Gasteiger partial charge is 0.399 e. The molecule has 0 bridgehead atoms. The van der Waals surface area contributed by atoms with Crippen molar-refractivity contribution in [2.24, 2.45) is 0 Å². The Bertz CT molecular complexity index is 1510. The van der Waals surface area contributed by atoms with E-state index in [0.29, 0.717) is 35.6 Å². The number of nitrogens with zero attached hydrogens (tertiary/aromatic N) is 2. The summed E-state index contributed by atoms with van der Waals surface area (Å²) >= 11 is 0. The van der Waals surface area contributed by atoms with Gasteiger partial charge in [-0.05, 0) is 36.1 Å². The number of fused-ring (bicyclic) bond motifs is 3. The molecule has 1 aromatic heterocycles. The van der Waals surface area contributed by atoms with Crippen molar-refractivity contribution in [1.82, 2.24) is 9.97 Å². The molecule has 3 N–H and O–H groups in total. The Morgan fingerprint density at radius 2 is 1.54 bits per heavy atom. The van der Waals surface area contributed by atoms with Gasteiger partial charge in [-0.15, -0.1) is 0 Å². The van der Waals surface area contributed by atoms with Gasteiger partial charge in [0.2, 0.25) is 11.7 Å². The molecule has 0 spiro atoms. The minimum absolute atomic E-state index is 0.0513. The number of nitrogens with two attached hydrogens (primary N) is 1. The molecule has 10 heteroatoms. The van der Waals surface area contributed by atoms with Gasteiger partial charge < -0.3 is 11.1 Å². The second kappa shape index (κ2) is 9.61. The van der Waals surface area contributed by atoms with Crippen molar-refractivity contribution in [3.8, 4) is 11.3 Å². The number of benzene rings is 3. The summed E-state index contributed by atoms with van der Waals surface area (Å²) in [6.07, 6.45) is 0.323. The number of aromatic nitrogens is 2. The first-order chi connectivity index (χ1) is 17.7. The lowest BCUT2D eigenvalue weighted by Crippen LogP contribution is -2.21. The minimum atomic E-state index is -2.29. The average Bonchev–Trinajstić information content (AvgIpc) is 2.89. The van der Waals surface area contributed by atoms with Crippen LogP contribution >= 0.6 is 0 Å². The summed E-state index contributed by atoms with van der Waals surface area (Å²) in [7, 11) is 0. The van der Waals surface area contributed by atoms with E-state index in [9.17, 15) is 26.7 Å². The molecule has 0 atom stereocenters. The van der Waals surface area contributed by atoms with Gasteiger partial charge in [0.15, 0.2) is 29.1 Å². The van der Waals surface area contributed by atoms with Gasteiger partial charge >= 0.3 is 0 Å². The molecule has 5 nitrogen and oxygen atoms in total. The van der Waals surface area contributed by atoms with Crippen molar-refractivity contribution in [2.45, 2.75) is 25.7 Å². The highest BCUT2D eigenvalue weighted by atomic mass is 19.2. The number of carbonyl (C=O) groups excluding carboxylic acids is 1. The number of hydrogen-bond acceptors (Lipinski definition) is 4. The Labute approximate surface area is 208 Å². The Morgan fingerprint density at radius 1 is 0.865 bits per heavy atom. The molecule has 0 unspecified atom stereocenters. The van der Waals surface area contributed by atoms with Crippen LogP contribution in [-0.2, 0) is 30.5 Å². The van der Waals surface area contributed by atoms with Gasteiger partial charge in [0.25, 0.3) is 0 Å². The number of rotatable bonds is 5. The summed E-state index contributed by atoms with van der Waals surface area (Å²) < 4.78 is 68.8. The number of amides is 1. The highest BCUT2D eigenvalue weighted by Crippen LogP contribution is 2.34. The van der Waals surface area contributed by atoms with E-state index in [1.54, 1.807) is 6.07 Å². The van der Waals surface area contributed by atoms with E-state index >= 15 is 0 Å². The first-order valence-corrected chi connectivity index (χ1v) is 11.4. The summed E-state index contributed by atoms with van der Waals surface area (Å²) in [5, 5.41) is 2.47. The highest BCUT2D eigenvalue weighted by molar-refractivity contribution is 5.92. The van der Waals surface area contributed by atoms with Gasteiger partial charge in [-0.25, -0.2) is 31.9 Å². The van der Waals surface area contributed by atoms with E-state index in [0.717, 1.165) is 16.7 Å². The van der Waals surface area contributed by atoms with E-state index in [2.05, 4.69) is 10.3 Å². The van der Waals surface area contributed by atoms with Gasteiger partial charge in [0, 0.05) is 23.2 Å². The Balaban J connectivity index is 1.52. The number of aryl methyl sites for hydroxylation is 2. The van der Waals surface area contributed by atoms with Gasteiger partial charge in [-0.2, -0.15) is 0 Å². The molecule has 37 heavy (non-hydrogen) atoms. The van der Waals surface area contributed by atoms with E-state index < -0.39 is 47.0 Å². The summed E-state index contributed by atoms with van der Waals surface area (Å²) in [5.41, 5.74) is 9.65. The Kier molecular flexibility index (Phi) is 6.32. The van der Waals surface area contributed by atoms with Crippen molar-refractivity contribution < 1.29 is 26.7 Å². The molecule has 0 saturated heterocycles. The van der Waals surface area contributed by atoms with Crippen LogP contribution in [0, 0.1) is 29.1 Å². The first kappa shape index (κ1) is 24.4. The first-order valence-electron chi connectivity index (χ1n) is 11.4. The maximum absolute atomic E-state index is 14.1. The third-order valence-electron chi connectivity index (χ3n) is 6.17. The number of carbonyl (C=O) groups is 1. The van der Waals surface area contributed by atoms with Crippen LogP contribution in [0.15, 0.2) is 48.5 Å². The smallest absolute Gasteiger partial charge is 0.230 e. The van der Waals surface area contributed by atoms with Gasteiger partial charge in [-0.1, -0.05) is 36.4 Å². The fourth-order valence-electron chi connectivity index (χ4n) is 4.35. The van der Waals surface area contributed by atoms with E-state index in [4.69, 9.17) is 10.7 Å². The fraction of sp³-hybridized carbons (Fsp3) is 0.148. The molecule has 1 heterocycles. The molecule has 4 aromatic rings. The van der Waals surface area contributed by atoms with Crippen LogP contribution in [0.5, 0.6) is 0 Å². The maximum atomic E-state index is 14.1. The van der Waals surface area contributed by atoms with Crippen LogP contribution in [0.4, 0.5) is 33.5 Å². The fourth-order valence-corrected chi connectivity index (χ4v) is 4.35. The van der Waals surface area contributed by atoms with Crippen LogP contribution in [0.2, 0.25) is 0 Å². The van der Waals surface area contributed by atoms with Crippen LogP contribution in [0.3, 0.4) is 0 Å². The van der Waals surface area contributed by atoms with Crippen molar-refractivity contribution in [1.29, 1.82) is 0 Å². The van der Waals surface area contributed by atoms with Crippen LogP contribution in [0.25, 0.3) is 11.3 Å². The van der Waals surface area contributed by atoms with Crippen molar-refractivity contribution in [3.63, 3.8) is 0 Å². The second-order valence-electron chi connectivity index (χ2n) is 8.67. The number of halogens is 5. The van der Waals surface area contributed by atoms with Gasteiger partial charge in [-0.3, -0.25) is 4.79 Å². The van der Waals surface area contributed by atoms with Gasteiger partial charge in [0.1, 0.15) is 0 Å². The monoisotopic (exact) mass is 510 g/mol. The molecule has 0 fully saturated rings. The molecule has 0 aliphatic heterocycles. The second-order valence-corrected chi connectivity index (χ2v) is 8.67. The van der Waals surface area contributed by atoms with E-state index in [1.807, 2.05) is 42.5 Å². The summed E-state index contributed by atoms with van der Waals surface area (Å²) in [5.74, 6) is -11.6. The van der Waals surface area contributed by atoms with Crippen molar-refractivity contribution in [3.05, 3.63) is 106 Å². The van der Waals surface area contributed by atoms with Gasteiger partial charge in [0.05, 0.1) is 23.5 Å². The molecule has 0 radical (unpaired) electrons. The number of nitrogens with one attached hydrogen (secondary N) is 1. The molecule has 3 aromatic carbocycles. The van der Waals surface area contributed by atoms with E-state index in [1.165, 1.54) is 0 Å². The number of hydrogen-bond donors (Lipinski definition) is 2. The van der Waals surface area contributed by atoms with Crippen molar-refractivity contribution in [2.75, 3.05) is 11.1 Å². The third kappa shape index (κ3) is 4.62. The summed E-state index contributed by atoms with van der Waals surface area (Å²) in [4.78, 5) is 22.1. The molecular formula is C27H19F5N4O. The van der Waals surface area contributed by atoms with Crippen LogP contribution in [-0.4, -0.2) is 15.9 Å². The molecule has 5 rings (SSSR count). The van der Waals surface area contributed by atoms with Crippen LogP contribution < -0.4 is 11.1 Å². The summed E-state index contributed by atoms with van der Waals surface area (Å²) in [6.45, 7) is 0. The lowest BCUT2D eigenvalue weighted by Gasteiger charge is -2.21. The predicted octanol–water partition coefficient (Wildman–Crippen LogP) is 5.29. The summed E-state index contributed by atoms with van der Waals surface area (Å²) in [6, 6.07) is 14.7. The quantitative estimate of drug-likeness (QED) is 0.165. The molecular weight excluding hydrogens is 491 g/mol. The van der Waals surface area contributed by atoms with E-state index in [-0.39, 0.29) is 12.2 Å². The zero-order chi connectivity index (χ0) is 26.3. The maximum Gasteiger partial charge on any atom is 0.230 e. The lowest BCUT2D eigenvalue weighted by molar-refractivity contribution is -0.115. The lowest BCUT2D eigenvalue weighted by atomic mass is 9.91. The Hall–Kier alpha value is -4.34. The molecule has 1 amide bonds. The molecule has 1 aliphatic rings. The minimum Gasteiger partial charge on any atom is -0.399 e. The highest BCUT2D eigenvalue weighted by Gasteiger charge is 2.28. The molecule has 0 saturated carbocycles. The Morgan fingerprint density at radius 3 is 2.24 bits per heavy atom. The topological polar surface area (TPSA) is 80.9 Å². The zero-order valence-corrected chi connectivity index (χ0v) is 19.2. The number of nitrogen functional groups attached to an aromatic ring is 1. The predicted molar refractivity (Wildman–Crippen MR) is 127 cm³/mol. The van der Waals surface area contributed by atoms with Crippen molar-refractivity contribution >= 4 is 17.4 Å². The normalized spacial score (nSPS) is 12.1. The molecule has 188 valence electrons. The average molecular weight is 510 g/mol. The van der Waals surface area contributed by atoms with Crippen LogP contribution in [0.1, 0.15) is 28.1 Å². The zero-order valence-electron chi connectivity index (χ0n) is 19.2.